The highest BCUT2D eigenvalue weighted by atomic mass is 79.9. The maximum absolute atomic E-state index is 12.0. The molecule has 3 nitrogen and oxygen atoms in total. The van der Waals surface area contributed by atoms with Gasteiger partial charge in [-0.2, -0.15) is 0 Å². The number of Topliss-reactive ketones (excluding diaryl/α,β-unsaturated/α-hetero) is 1. The number of rotatable bonds is 4. The van der Waals surface area contributed by atoms with E-state index in [-0.39, 0.29) is 12.6 Å². The van der Waals surface area contributed by atoms with Crippen LogP contribution in [0, 0.1) is 0 Å². The number of hydrogen-bond donors (Lipinski definition) is 0. The van der Waals surface area contributed by atoms with Crippen LogP contribution in [0.1, 0.15) is 22.3 Å². The van der Waals surface area contributed by atoms with Crippen molar-refractivity contribution in [3.05, 3.63) is 64.1 Å². The number of fused-ring (bicyclic) bond motifs is 1. The Bertz CT molecular complexity index is 690. The monoisotopic (exact) mass is 344 g/mol. The molecule has 0 unspecified atom stereocenters. The van der Waals surface area contributed by atoms with Crippen molar-refractivity contribution in [2.45, 2.75) is 6.42 Å². The van der Waals surface area contributed by atoms with Crippen molar-refractivity contribution in [1.82, 2.24) is 0 Å². The second kappa shape index (κ2) is 6.14. The van der Waals surface area contributed by atoms with Crippen molar-refractivity contribution in [2.75, 3.05) is 6.79 Å². The van der Waals surface area contributed by atoms with Crippen LogP contribution < -0.4 is 9.47 Å². The predicted molar refractivity (Wildman–Crippen MR) is 84.7 cm³/mol. The van der Waals surface area contributed by atoms with Gasteiger partial charge < -0.3 is 9.47 Å². The zero-order valence-corrected chi connectivity index (χ0v) is 12.8. The molecule has 0 aromatic heterocycles. The van der Waals surface area contributed by atoms with E-state index in [1.807, 2.05) is 54.6 Å². The third-order valence-electron chi connectivity index (χ3n) is 3.18. The minimum Gasteiger partial charge on any atom is -0.454 e. The van der Waals surface area contributed by atoms with Crippen LogP contribution in [0.25, 0.3) is 6.08 Å². The molecule has 1 heterocycles. The summed E-state index contributed by atoms with van der Waals surface area (Å²) in [5, 5.41) is 0. The fourth-order valence-electron chi connectivity index (χ4n) is 2.07. The lowest BCUT2D eigenvalue weighted by Gasteiger charge is -1.99. The Balaban J connectivity index is 1.64. The van der Waals surface area contributed by atoms with E-state index in [1.54, 1.807) is 0 Å². The molecule has 0 aliphatic carbocycles. The van der Waals surface area contributed by atoms with E-state index in [9.17, 15) is 4.79 Å². The van der Waals surface area contributed by atoms with Crippen LogP contribution in [0.4, 0.5) is 0 Å². The van der Waals surface area contributed by atoms with Gasteiger partial charge in [0.05, 0.1) is 0 Å². The summed E-state index contributed by atoms with van der Waals surface area (Å²) in [5.41, 5.74) is 1.70. The number of hydrogen-bond acceptors (Lipinski definition) is 3. The molecule has 2 aromatic rings. The van der Waals surface area contributed by atoms with E-state index in [0.717, 1.165) is 21.5 Å². The highest BCUT2D eigenvalue weighted by Crippen LogP contribution is 2.32. The van der Waals surface area contributed by atoms with Gasteiger partial charge in [-0.05, 0) is 29.8 Å². The second-order valence-electron chi connectivity index (χ2n) is 4.65. The summed E-state index contributed by atoms with van der Waals surface area (Å²) in [6.45, 7) is 0.268. The lowest BCUT2D eigenvalue weighted by molar-refractivity contribution is 0.0996. The summed E-state index contributed by atoms with van der Waals surface area (Å²) in [7, 11) is 0. The van der Waals surface area contributed by atoms with Crippen molar-refractivity contribution in [3.8, 4) is 11.5 Å². The van der Waals surface area contributed by atoms with E-state index in [1.165, 1.54) is 0 Å². The standard InChI is InChI=1S/C17H13BrO3/c18-14-7-5-13(6-8-14)15(19)3-1-2-12-4-9-16-17(10-12)21-11-20-16/h1-2,4-10H,3,11H2. The minimum atomic E-state index is 0.0968. The third kappa shape index (κ3) is 3.34. The first-order chi connectivity index (χ1) is 10.2. The molecule has 3 rings (SSSR count). The predicted octanol–water partition coefficient (Wildman–Crippen LogP) is 4.46. The lowest BCUT2D eigenvalue weighted by Crippen LogP contribution is -1.96. The summed E-state index contributed by atoms with van der Waals surface area (Å²) < 4.78 is 11.5. The first-order valence-corrected chi connectivity index (χ1v) is 7.36. The molecule has 4 heteroatoms. The van der Waals surface area contributed by atoms with Crippen LogP contribution in [-0.4, -0.2) is 12.6 Å². The fourth-order valence-corrected chi connectivity index (χ4v) is 2.34. The molecule has 1 aliphatic rings. The maximum atomic E-state index is 12.0. The van der Waals surface area contributed by atoms with Crippen molar-refractivity contribution in [2.24, 2.45) is 0 Å². The van der Waals surface area contributed by atoms with Gasteiger partial charge in [0.15, 0.2) is 17.3 Å². The zero-order valence-electron chi connectivity index (χ0n) is 11.2. The molecule has 21 heavy (non-hydrogen) atoms. The van der Waals surface area contributed by atoms with Gasteiger partial charge in [-0.15, -0.1) is 0 Å². The van der Waals surface area contributed by atoms with Gasteiger partial charge in [0.1, 0.15) is 0 Å². The molecule has 0 atom stereocenters. The van der Waals surface area contributed by atoms with Crippen LogP contribution in [-0.2, 0) is 0 Å². The number of ketones is 1. The molecule has 0 bridgehead atoms. The van der Waals surface area contributed by atoms with Crippen LogP contribution in [0.2, 0.25) is 0 Å². The smallest absolute Gasteiger partial charge is 0.231 e. The summed E-state index contributed by atoms with van der Waals surface area (Å²) in [6.07, 6.45) is 4.15. The van der Waals surface area contributed by atoms with Gasteiger partial charge in [0.25, 0.3) is 0 Å². The third-order valence-corrected chi connectivity index (χ3v) is 3.71. The molecular formula is C17H13BrO3. The Morgan fingerprint density at radius 2 is 1.86 bits per heavy atom. The van der Waals surface area contributed by atoms with E-state index >= 15 is 0 Å². The Kier molecular flexibility index (Phi) is 4.06. The van der Waals surface area contributed by atoms with Crippen molar-refractivity contribution in [3.63, 3.8) is 0 Å². The Hall–Kier alpha value is -2.07. The van der Waals surface area contributed by atoms with Gasteiger partial charge in [0, 0.05) is 16.5 Å². The molecule has 2 aromatic carbocycles. The van der Waals surface area contributed by atoms with Crippen LogP contribution in [0.5, 0.6) is 11.5 Å². The van der Waals surface area contributed by atoms with Gasteiger partial charge in [-0.1, -0.05) is 46.3 Å². The molecule has 0 saturated carbocycles. The number of halogens is 1. The summed E-state index contributed by atoms with van der Waals surface area (Å²) in [4.78, 5) is 12.0. The number of carbonyl (C=O) groups is 1. The molecule has 0 saturated heterocycles. The fraction of sp³-hybridized carbons (Fsp3) is 0.118. The quantitative estimate of drug-likeness (QED) is 0.768. The van der Waals surface area contributed by atoms with Crippen molar-refractivity contribution < 1.29 is 14.3 Å². The lowest BCUT2D eigenvalue weighted by atomic mass is 10.1. The van der Waals surface area contributed by atoms with E-state index < -0.39 is 0 Å². The van der Waals surface area contributed by atoms with Crippen LogP contribution in [0.3, 0.4) is 0 Å². The van der Waals surface area contributed by atoms with Gasteiger partial charge in [0.2, 0.25) is 6.79 Å². The number of benzene rings is 2. The van der Waals surface area contributed by atoms with Crippen LogP contribution in [0.15, 0.2) is 53.0 Å². The summed E-state index contributed by atoms with van der Waals surface area (Å²) in [6, 6.07) is 13.1. The normalized spacial score (nSPS) is 12.8. The zero-order chi connectivity index (χ0) is 14.7. The largest absolute Gasteiger partial charge is 0.454 e. The Labute approximate surface area is 131 Å². The number of carbonyl (C=O) groups excluding carboxylic acids is 1. The maximum Gasteiger partial charge on any atom is 0.231 e. The molecule has 0 fully saturated rings. The minimum absolute atomic E-state index is 0.0968. The first kappa shape index (κ1) is 13.9. The highest BCUT2D eigenvalue weighted by molar-refractivity contribution is 9.10. The number of ether oxygens (including phenoxy) is 2. The molecule has 0 amide bonds. The van der Waals surface area contributed by atoms with E-state index in [0.29, 0.717) is 12.0 Å². The average Bonchev–Trinajstić information content (AvgIpc) is 2.95. The highest BCUT2D eigenvalue weighted by Gasteiger charge is 2.12. The van der Waals surface area contributed by atoms with Gasteiger partial charge in [-0.3, -0.25) is 4.79 Å². The molecule has 0 radical (unpaired) electrons. The first-order valence-electron chi connectivity index (χ1n) is 6.57. The van der Waals surface area contributed by atoms with E-state index in [2.05, 4.69) is 15.9 Å². The van der Waals surface area contributed by atoms with Crippen LogP contribution >= 0.6 is 15.9 Å². The van der Waals surface area contributed by atoms with E-state index in [4.69, 9.17) is 9.47 Å². The topological polar surface area (TPSA) is 35.5 Å². The average molecular weight is 345 g/mol. The number of allylic oxidation sites excluding steroid dienone is 1. The SMILES string of the molecule is O=C(CC=Cc1ccc2c(c1)OCO2)c1ccc(Br)cc1. The summed E-state index contributed by atoms with van der Waals surface area (Å²) in [5.74, 6) is 1.61. The molecular weight excluding hydrogens is 332 g/mol. The van der Waals surface area contributed by atoms with Crippen molar-refractivity contribution >= 4 is 27.8 Å². The molecule has 106 valence electrons. The molecule has 1 aliphatic heterocycles. The summed E-state index contributed by atoms with van der Waals surface area (Å²) >= 11 is 3.35. The second-order valence-corrected chi connectivity index (χ2v) is 5.56. The Morgan fingerprint density at radius 3 is 2.67 bits per heavy atom. The van der Waals surface area contributed by atoms with Crippen molar-refractivity contribution in [1.29, 1.82) is 0 Å². The van der Waals surface area contributed by atoms with Gasteiger partial charge >= 0.3 is 0 Å². The molecule has 0 N–H and O–H groups in total. The molecule has 0 spiro atoms. The Morgan fingerprint density at radius 1 is 1.10 bits per heavy atom. The van der Waals surface area contributed by atoms with Gasteiger partial charge in [-0.25, -0.2) is 0 Å².